The summed E-state index contributed by atoms with van der Waals surface area (Å²) in [6.07, 6.45) is 2.12. The molecule has 5 nitrogen and oxygen atoms in total. The molecule has 0 aromatic heterocycles. The third-order valence-electron chi connectivity index (χ3n) is 4.07. The van der Waals surface area contributed by atoms with Crippen molar-refractivity contribution in [3.05, 3.63) is 24.3 Å². The Morgan fingerprint density at radius 2 is 1.95 bits per heavy atom. The van der Waals surface area contributed by atoms with Crippen LogP contribution in [0.1, 0.15) is 26.2 Å². The molecule has 0 saturated carbocycles. The van der Waals surface area contributed by atoms with E-state index in [0.29, 0.717) is 17.9 Å². The Balaban J connectivity index is 1.94. The molecular weight excluding hydrogens is 280 g/mol. The first-order chi connectivity index (χ1) is 10.6. The number of hydrogen-bond donors (Lipinski definition) is 1. The van der Waals surface area contributed by atoms with Gasteiger partial charge in [0.05, 0.1) is 7.11 Å². The highest BCUT2D eigenvalue weighted by molar-refractivity contribution is 5.81. The minimum atomic E-state index is -0.490. The third-order valence-corrected chi connectivity index (χ3v) is 4.07. The Kier molecular flexibility index (Phi) is 6.07. The molecule has 1 aliphatic heterocycles. The lowest BCUT2D eigenvalue weighted by Gasteiger charge is -2.30. The highest BCUT2D eigenvalue weighted by atomic mass is 16.5. The van der Waals surface area contributed by atoms with Gasteiger partial charge >= 0.3 is 0 Å². The van der Waals surface area contributed by atoms with Crippen molar-refractivity contribution in [3.63, 3.8) is 0 Å². The van der Waals surface area contributed by atoms with Crippen molar-refractivity contribution in [3.8, 4) is 11.5 Å². The summed E-state index contributed by atoms with van der Waals surface area (Å²) in [6.45, 7) is 4.00. The summed E-state index contributed by atoms with van der Waals surface area (Å²) in [5, 5.41) is 3.12. The number of hydrogen-bond acceptors (Lipinski definition) is 4. The van der Waals surface area contributed by atoms with Crippen LogP contribution in [0.3, 0.4) is 0 Å². The number of rotatable bonds is 6. The van der Waals surface area contributed by atoms with Crippen LogP contribution >= 0.6 is 0 Å². The van der Waals surface area contributed by atoms with Gasteiger partial charge in [-0.1, -0.05) is 19.1 Å². The smallest absolute Gasteiger partial charge is 0.261 e. The summed E-state index contributed by atoms with van der Waals surface area (Å²) >= 11 is 0. The van der Waals surface area contributed by atoms with E-state index in [2.05, 4.69) is 17.3 Å². The van der Waals surface area contributed by atoms with Gasteiger partial charge in [-0.3, -0.25) is 4.79 Å². The summed E-state index contributed by atoms with van der Waals surface area (Å²) in [4.78, 5) is 14.7. The zero-order valence-corrected chi connectivity index (χ0v) is 13.7. The Hall–Kier alpha value is -1.75. The number of carbonyl (C=O) groups excluding carboxylic acids is 1. The molecule has 1 fully saturated rings. The van der Waals surface area contributed by atoms with Crippen LogP contribution in [0.5, 0.6) is 11.5 Å². The maximum absolute atomic E-state index is 12.4. The van der Waals surface area contributed by atoms with Crippen molar-refractivity contribution in [1.29, 1.82) is 0 Å². The quantitative estimate of drug-likeness (QED) is 0.874. The summed E-state index contributed by atoms with van der Waals surface area (Å²) in [7, 11) is 3.71. The van der Waals surface area contributed by atoms with Crippen LogP contribution in [0.25, 0.3) is 0 Å². The van der Waals surface area contributed by atoms with Crippen LogP contribution < -0.4 is 14.8 Å². The van der Waals surface area contributed by atoms with E-state index in [4.69, 9.17) is 9.47 Å². The van der Waals surface area contributed by atoms with E-state index < -0.39 is 6.10 Å². The molecule has 0 radical (unpaired) electrons. The first kappa shape index (κ1) is 16.6. The van der Waals surface area contributed by atoms with Crippen LogP contribution in [0.2, 0.25) is 0 Å². The summed E-state index contributed by atoms with van der Waals surface area (Å²) in [6, 6.07) is 7.66. The maximum atomic E-state index is 12.4. The predicted octanol–water partition coefficient (Wildman–Crippen LogP) is 2.06. The van der Waals surface area contributed by atoms with Gasteiger partial charge in [-0.15, -0.1) is 0 Å². The summed E-state index contributed by atoms with van der Waals surface area (Å²) in [5.41, 5.74) is 0. The Bertz CT molecular complexity index is 485. The van der Waals surface area contributed by atoms with Gasteiger partial charge in [0.15, 0.2) is 17.6 Å². The number of amides is 1. The van der Waals surface area contributed by atoms with Crippen LogP contribution in [0, 0.1) is 0 Å². The van der Waals surface area contributed by atoms with Crippen molar-refractivity contribution in [2.24, 2.45) is 0 Å². The van der Waals surface area contributed by atoms with Crippen molar-refractivity contribution >= 4 is 5.91 Å². The topological polar surface area (TPSA) is 50.8 Å². The van der Waals surface area contributed by atoms with Gasteiger partial charge in [0.25, 0.3) is 5.91 Å². The van der Waals surface area contributed by atoms with Crippen molar-refractivity contribution in [2.45, 2.75) is 38.3 Å². The standard InChI is InChI=1S/C17H26N2O3/c1-4-14(22-16-8-6-5-7-15(16)21-3)17(20)18-13-9-11-19(2)12-10-13/h5-8,13-14H,4,9-12H2,1-3H3,(H,18,20)/t14-/m1/s1. The number of piperidine rings is 1. The van der Waals surface area contributed by atoms with E-state index in [1.54, 1.807) is 7.11 Å². The monoisotopic (exact) mass is 306 g/mol. The van der Waals surface area contributed by atoms with Crippen LogP contribution in [-0.2, 0) is 4.79 Å². The molecule has 1 amide bonds. The van der Waals surface area contributed by atoms with E-state index in [0.717, 1.165) is 25.9 Å². The van der Waals surface area contributed by atoms with Crippen molar-refractivity contribution in [2.75, 3.05) is 27.2 Å². The summed E-state index contributed by atoms with van der Waals surface area (Å²) < 4.78 is 11.1. The molecule has 1 aliphatic rings. The van der Waals surface area contributed by atoms with Gasteiger partial charge in [-0.2, -0.15) is 0 Å². The average Bonchev–Trinajstić information content (AvgIpc) is 2.55. The second-order valence-electron chi connectivity index (χ2n) is 5.75. The Morgan fingerprint density at radius 3 is 2.55 bits per heavy atom. The van der Waals surface area contributed by atoms with Crippen molar-refractivity contribution in [1.82, 2.24) is 10.2 Å². The average molecular weight is 306 g/mol. The number of benzene rings is 1. The SMILES string of the molecule is CC[C@@H](Oc1ccccc1OC)C(=O)NC1CCN(C)CC1. The third kappa shape index (κ3) is 4.37. The second-order valence-corrected chi connectivity index (χ2v) is 5.75. The second kappa shape index (κ2) is 8.03. The van der Waals surface area contributed by atoms with Crippen LogP contribution in [0.4, 0.5) is 0 Å². The summed E-state index contributed by atoms with van der Waals surface area (Å²) in [5.74, 6) is 1.21. The Labute approximate surface area is 132 Å². The molecular formula is C17H26N2O3. The van der Waals surface area contributed by atoms with E-state index >= 15 is 0 Å². The largest absolute Gasteiger partial charge is 0.493 e. The lowest BCUT2D eigenvalue weighted by molar-refractivity contribution is -0.129. The number of nitrogens with zero attached hydrogens (tertiary/aromatic N) is 1. The first-order valence-corrected chi connectivity index (χ1v) is 7.92. The van der Waals surface area contributed by atoms with E-state index in [1.807, 2.05) is 31.2 Å². The highest BCUT2D eigenvalue weighted by Gasteiger charge is 2.24. The number of methoxy groups -OCH3 is 1. The molecule has 1 aromatic rings. The van der Waals surface area contributed by atoms with Gasteiger partial charge in [0, 0.05) is 6.04 Å². The van der Waals surface area contributed by atoms with E-state index in [9.17, 15) is 4.79 Å². The maximum Gasteiger partial charge on any atom is 0.261 e. The minimum Gasteiger partial charge on any atom is -0.493 e. The molecule has 5 heteroatoms. The molecule has 0 spiro atoms. The van der Waals surface area contributed by atoms with Gasteiger partial charge in [-0.05, 0) is 51.5 Å². The van der Waals surface area contributed by atoms with Crippen LogP contribution in [0.15, 0.2) is 24.3 Å². The Morgan fingerprint density at radius 1 is 1.32 bits per heavy atom. The predicted molar refractivity (Wildman–Crippen MR) is 86.4 cm³/mol. The van der Waals surface area contributed by atoms with E-state index in [-0.39, 0.29) is 11.9 Å². The zero-order valence-electron chi connectivity index (χ0n) is 13.7. The molecule has 22 heavy (non-hydrogen) atoms. The fraction of sp³-hybridized carbons (Fsp3) is 0.588. The molecule has 1 N–H and O–H groups in total. The molecule has 122 valence electrons. The molecule has 1 aromatic carbocycles. The fourth-order valence-corrected chi connectivity index (χ4v) is 2.64. The molecule has 0 bridgehead atoms. The lowest BCUT2D eigenvalue weighted by atomic mass is 10.1. The van der Waals surface area contributed by atoms with Gasteiger partial charge in [0.1, 0.15) is 0 Å². The molecule has 2 rings (SSSR count). The lowest BCUT2D eigenvalue weighted by Crippen LogP contribution is -2.47. The highest BCUT2D eigenvalue weighted by Crippen LogP contribution is 2.27. The normalized spacial score (nSPS) is 17.8. The molecule has 0 aliphatic carbocycles. The minimum absolute atomic E-state index is 0.0389. The number of nitrogens with one attached hydrogen (secondary N) is 1. The molecule has 1 heterocycles. The number of para-hydroxylation sites is 2. The van der Waals surface area contributed by atoms with Crippen LogP contribution in [-0.4, -0.2) is 50.2 Å². The fourth-order valence-electron chi connectivity index (χ4n) is 2.64. The van der Waals surface area contributed by atoms with Gasteiger partial charge < -0.3 is 19.7 Å². The molecule has 1 saturated heterocycles. The number of carbonyl (C=O) groups is 1. The number of ether oxygens (including phenoxy) is 2. The van der Waals surface area contributed by atoms with E-state index in [1.165, 1.54) is 0 Å². The number of likely N-dealkylation sites (tertiary alicyclic amines) is 1. The van der Waals surface area contributed by atoms with Gasteiger partial charge in [0.2, 0.25) is 0 Å². The molecule has 0 unspecified atom stereocenters. The molecule has 1 atom stereocenters. The van der Waals surface area contributed by atoms with Gasteiger partial charge in [-0.25, -0.2) is 0 Å². The first-order valence-electron chi connectivity index (χ1n) is 7.92. The zero-order chi connectivity index (χ0) is 15.9. The van der Waals surface area contributed by atoms with Crippen molar-refractivity contribution < 1.29 is 14.3 Å².